The van der Waals surface area contributed by atoms with Gasteiger partial charge in [-0.2, -0.15) is 0 Å². The zero-order valence-electron chi connectivity index (χ0n) is 14.6. The summed E-state index contributed by atoms with van der Waals surface area (Å²) >= 11 is 0. The van der Waals surface area contributed by atoms with Gasteiger partial charge in [-0.1, -0.05) is 47.7 Å². The third kappa shape index (κ3) is 5.00. The van der Waals surface area contributed by atoms with Crippen LogP contribution in [0.1, 0.15) is 28.9 Å². The molecule has 0 aliphatic carbocycles. The number of carbonyl (C=O) groups is 1. The van der Waals surface area contributed by atoms with Gasteiger partial charge in [-0.3, -0.25) is 9.48 Å². The first-order valence-electron chi connectivity index (χ1n) is 8.80. The molecule has 6 nitrogen and oxygen atoms in total. The van der Waals surface area contributed by atoms with Gasteiger partial charge in [-0.15, -0.1) is 5.10 Å². The normalized spacial score (nSPS) is 17.7. The van der Waals surface area contributed by atoms with E-state index in [-0.39, 0.29) is 5.91 Å². The molecular weight excluding hydrogens is 314 g/mol. The average Bonchev–Trinajstić information content (AvgIpc) is 3.11. The zero-order chi connectivity index (χ0) is 17.5. The molecule has 1 atom stereocenters. The van der Waals surface area contributed by atoms with Gasteiger partial charge < -0.3 is 10.2 Å². The van der Waals surface area contributed by atoms with Gasteiger partial charge in [-0.25, -0.2) is 0 Å². The maximum absolute atomic E-state index is 12.5. The molecule has 0 spiro atoms. The van der Waals surface area contributed by atoms with Gasteiger partial charge in [0.15, 0.2) is 5.69 Å². The molecule has 2 aromatic rings. The number of nitrogens with zero attached hydrogens (tertiary/aromatic N) is 4. The Kier molecular flexibility index (Phi) is 5.95. The summed E-state index contributed by atoms with van der Waals surface area (Å²) in [5.74, 6) is 0.454. The lowest BCUT2D eigenvalue weighted by atomic mass is 10.00. The molecule has 132 valence electrons. The van der Waals surface area contributed by atoms with Crippen molar-refractivity contribution >= 4 is 12.0 Å². The van der Waals surface area contributed by atoms with Crippen molar-refractivity contribution in [3.05, 3.63) is 53.9 Å². The first-order chi connectivity index (χ1) is 12.2. The molecule has 1 aromatic heterocycles. The Bertz CT molecular complexity index is 704. The van der Waals surface area contributed by atoms with Gasteiger partial charge in [0.2, 0.25) is 0 Å². The van der Waals surface area contributed by atoms with Crippen LogP contribution in [0.5, 0.6) is 0 Å². The Morgan fingerprint density at radius 2 is 2.24 bits per heavy atom. The van der Waals surface area contributed by atoms with E-state index in [9.17, 15) is 4.79 Å². The minimum atomic E-state index is -0.106. The molecule has 2 heterocycles. The first kappa shape index (κ1) is 17.4. The molecule has 1 amide bonds. The number of piperidine rings is 1. The van der Waals surface area contributed by atoms with E-state index in [0.717, 1.165) is 25.2 Å². The third-order valence-corrected chi connectivity index (χ3v) is 4.44. The second-order valence-corrected chi connectivity index (χ2v) is 6.54. The quantitative estimate of drug-likeness (QED) is 0.875. The van der Waals surface area contributed by atoms with Crippen LogP contribution in [0.25, 0.3) is 6.08 Å². The number of hydrogen-bond acceptors (Lipinski definition) is 4. The monoisotopic (exact) mass is 339 g/mol. The number of amides is 1. The van der Waals surface area contributed by atoms with Crippen LogP contribution in [0.15, 0.2) is 42.6 Å². The number of benzene rings is 1. The molecular formula is C19H25N5O. The smallest absolute Gasteiger partial charge is 0.276 e. The Balaban J connectivity index is 1.52. The molecule has 1 saturated heterocycles. The largest absolute Gasteiger partial charge is 0.337 e. The Morgan fingerprint density at radius 1 is 1.40 bits per heavy atom. The summed E-state index contributed by atoms with van der Waals surface area (Å²) in [5, 5.41) is 11.6. The van der Waals surface area contributed by atoms with E-state index in [1.807, 2.05) is 42.5 Å². The minimum Gasteiger partial charge on any atom is -0.337 e. The number of aromatic nitrogens is 3. The fraction of sp³-hybridized carbons (Fsp3) is 0.421. The highest BCUT2D eigenvalue weighted by molar-refractivity contribution is 5.91. The van der Waals surface area contributed by atoms with Gasteiger partial charge in [0, 0.05) is 20.1 Å². The highest BCUT2D eigenvalue weighted by Crippen LogP contribution is 2.12. The molecule has 1 fully saturated rings. The summed E-state index contributed by atoms with van der Waals surface area (Å²) in [6, 6.07) is 10.0. The molecule has 1 N–H and O–H groups in total. The molecule has 25 heavy (non-hydrogen) atoms. The topological polar surface area (TPSA) is 63.1 Å². The van der Waals surface area contributed by atoms with E-state index in [4.69, 9.17) is 0 Å². The Labute approximate surface area is 148 Å². The predicted octanol–water partition coefficient (Wildman–Crippen LogP) is 2.06. The molecule has 3 rings (SSSR count). The Hall–Kier alpha value is -2.47. The number of likely N-dealkylation sites (N-methyl/N-ethyl adjacent to an activating group) is 1. The van der Waals surface area contributed by atoms with Gasteiger partial charge >= 0.3 is 0 Å². The standard InChI is InChI=1S/C19H25N5O/c1-23(12-6-10-16-7-3-2-4-8-16)19(25)18-15-24(22-21-18)14-17-9-5-11-20-13-17/h2-4,6-8,10,15,17,20H,5,9,11-14H2,1H3. The van der Waals surface area contributed by atoms with Gasteiger partial charge in [-0.05, 0) is 37.4 Å². The lowest BCUT2D eigenvalue weighted by molar-refractivity contribution is 0.0804. The van der Waals surface area contributed by atoms with Crippen LogP contribution in [-0.4, -0.2) is 52.5 Å². The molecule has 1 aliphatic heterocycles. The first-order valence-corrected chi connectivity index (χ1v) is 8.80. The molecule has 0 saturated carbocycles. The second-order valence-electron chi connectivity index (χ2n) is 6.54. The van der Waals surface area contributed by atoms with E-state index in [1.54, 1.807) is 22.8 Å². The summed E-state index contributed by atoms with van der Waals surface area (Å²) in [5.41, 5.74) is 1.52. The second kappa shape index (κ2) is 8.58. The van der Waals surface area contributed by atoms with Crippen molar-refractivity contribution in [3.8, 4) is 0 Å². The van der Waals surface area contributed by atoms with Crippen LogP contribution < -0.4 is 5.32 Å². The third-order valence-electron chi connectivity index (χ3n) is 4.44. The fourth-order valence-corrected chi connectivity index (χ4v) is 3.02. The van der Waals surface area contributed by atoms with Crippen LogP contribution in [0.3, 0.4) is 0 Å². The van der Waals surface area contributed by atoms with Crippen molar-refractivity contribution < 1.29 is 4.79 Å². The lowest BCUT2D eigenvalue weighted by Gasteiger charge is -2.22. The molecule has 6 heteroatoms. The van der Waals surface area contributed by atoms with Gasteiger partial charge in [0.1, 0.15) is 0 Å². The van der Waals surface area contributed by atoms with Crippen molar-refractivity contribution in [1.29, 1.82) is 0 Å². The number of carbonyl (C=O) groups excluding carboxylic acids is 1. The summed E-state index contributed by atoms with van der Waals surface area (Å²) in [6.07, 6.45) is 8.14. The maximum atomic E-state index is 12.5. The van der Waals surface area contributed by atoms with E-state index >= 15 is 0 Å². The number of rotatable bonds is 6. The van der Waals surface area contributed by atoms with Gasteiger partial charge in [0.05, 0.1) is 6.20 Å². The van der Waals surface area contributed by atoms with E-state index < -0.39 is 0 Å². The highest BCUT2D eigenvalue weighted by atomic mass is 16.2. The molecule has 0 radical (unpaired) electrons. The Morgan fingerprint density at radius 3 is 3.00 bits per heavy atom. The van der Waals surface area contributed by atoms with Crippen molar-refractivity contribution in [1.82, 2.24) is 25.2 Å². The summed E-state index contributed by atoms with van der Waals surface area (Å²) < 4.78 is 1.79. The average molecular weight is 339 g/mol. The summed E-state index contributed by atoms with van der Waals surface area (Å²) in [6.45, 7) is 3.45. The molecule has 0 bridgehead atoms. The molecule has 1 aromatic carbocycles. The van der Waals surface area contributed by atoms with Crippen LogP contribution in [0.2, 0.25) is 0 Å². The molecule has 1 unspecified atom stereocenters. The molecule has 1 aliphatic rings. The van der Waals surface area contributed by atoms with Crippen LogP contribution in [0, 0.1) is 5.92 Å². The maximum Gasteiger partial charge on any atom is 0.276 e. The SMILES string of the molecule is CN(CC=Cc1ccccc1)C(=O)c1cn(CC2CCCNC2)nn1. The van der Waals surface area contributed by atoms with Crippen LogP contribution >= 0.6 is 0 Å². The van der Waals surface area contributed by atoms with Crippen LogP contribution in [0.4, 0.5) is 0 Å². The highest BCUT2D eigenvalue weighted by Gasteiger charge is 2.18. The summed E-state index contributed by atoms with van der Waals surface area (Å²) in [4.78, 5) is 14.1. The lowest BCUT2D eigenvalue weighted by Crippen LogP contribution is -2.32. The van der Waals surface area contributed by atoms with Crippen molar-refractivity contribution in [2.75, 3.05) is 26.7 Å². The van der Waals surface area contributed by atoms with Crippen molar-refractivity contribution in [2.24, 2.45) is 5.92 Å². The van der Waals surface area contributed by atoms with Crippen molar-refractivity contribution in [2.45, 2.75) is 19.4 Å². The number of nitrogens with one attached hydrogen (secondary N) is 1. The van der Waals surface area contributed by atoms with Crippen LogP contribution in [-0.2, 0) is 6.54 Å². The van der Waals surface area contributed by atoms with Gasteiger partial charge in [0.25, 0.3) is 5.91 Å². The number of hydrogen-bond donors (Lipinski definition) is 1. The van der Waals surface area contributed by atoms with E-state index in [2.05, 4.69) is 15.6 Å². The van der Waals surface area contributed by atoms with E-state index in [1.165, 1.54) is 12.8 Å². The fourth-order valence-electron chi connectivity index (χ4n) is 3.02. The van der Waals surface area contributed by atoms with E-state index in [0.29, 0.717) is 18.2 Å². The predicted molar refractivity (Wildman–Crippen MR) is 98.1 cm³/mol. The zero-order valence-corrected chi connectivity index (χ0v) is 14.6. The summed E-state index contributed by atoms with van der Waals surface area (Å²) in [7, 11) is 1.78. The minimum absolute atomic E-state index is 0.106. The van der Waals surface area contributed by atoms with Crippen molar-refractivity contribution in [3.63, 3.8) is 0 Å².